The van der Waals surface area contributed by atoms with E-state index in [1.165, 1.54) is 0 Å². The Morgan fingerprint density at radius 2 is 2.15 bits per heavy atom. The molecule has 0 saturated heterocycles. The van der Waals surface area contributed by atoms with Crippen LogP contribution in [0.3, 0.4) is 0 Å². The van der Waals surface area contributed by atoms with Gasteiger partial charge in [0.25, 0.3) is 0 Å². The molecule has 4 heteroatoms. The molecule has 0 aromatic rings. The van der Waals surface area contributed by atoms with E-state index in [9.17, 15) is 0 Å². The van der Waals surface area contributed by atoms with Crippen LogP contribution < -0.4 is 0 Å². The molecule has 3 nitrogen and oxygen atoms in total. The summed E-state index contributed by atoms with van der Waals surface area (Å²) in [5.74, 6) is 0. The third-order valence-electron chi connectivity index (χ3n) is 1.80. The molecule has 0 radical (unpaired) electrons. The van der Waals surface area contributed by atoms with Gasteiger partial charge in [-0.15, -0.1) is 0 Å². The third kappa shape index (κ3) is 2.58. The first-order valence-electron chi connectivity index (χ1n) is 3.97. The topological polar surface area (TPSA) is 64.2 Å². The van der Waals surface area contributed by atoms with Crippen molar-refractivity contribution in [3.63, 3.8) is 0 Å². The number of nitriles is 1. The predicted octanol–water partition coefficient (Wildman–Crippen LogP) is 0.725. The van der Waals surface area contributed by atoms with Crippen LogP contribution in [0, 0.1) is 11.3 Å². The second kappa shape index (κ2) is 4.08. The second-order valence-electron chi connectivity index (χ2n) is 3.01. The molecule has 0 spiro atoms. The van der Waals surface area contributed by atoms with E-state index in [2.05, 4.69) is 0 Å². The van der Waals surface area contributed by atoms with Gasteiger partial charge >= 0.3 is 7.12 Å². The van der Waals surface area contributed by atoms with Gasteiger partial charge < -0.3 is 10.0 Å². The van der Waals surface area contributed by atoms with Crippen molar-refractivity contribution in [2.24, 2.45) is 0 Å². The van der Waals surface area contributed by atoms with Crippen molar-refractivity contribution in [2.75, 3.05) is 0 Å². The number of allylic oxidation sites excluding steroid dienone is 6. The summed E-state index contributed by atoms with van der Waals surface area (Å²) in [6.45, 7) is 1.85. The monoisotopic (exact) mass is 175 g/mol. The van der Waals surface area contributed by atoms with Gasteiger partial charge in [-0.05, 0) is 18.5 Å². The Balaban J connectivity index is 3.00. The largest absolute Gasteiger partial charge is 0.488 e. The van der Waals surface area contributed by atoms with Crippen LogP contribution in [0.5, 0.6) is 0 Å². The van der Waals surface area contributed by atoms with Gasteiger partial charge in [-0.25, -0.2) is 0 Å². The van der Waals surface area contributed by atoms with Crippen LogP contribution in [-0.4, -0.2) is 17.2 Å². The maximum Gasteiger partial charge on any atom is 0.488 e. The zero-order valence-electron chi connectivity index (χ0n) is 7.36. The molecular weight excluding hydrogens is 165 g/mol. The molecule has 0 fully saturated rings. The van der Waals surface area contributed by atoms with E-state index < -0.39 is 7.12 Å². The summed E-state index contributed by atoms with van der Waals surface area (Å²) < 4.78 is 0. The van der Waals surface area contributed by atoms with Crippen LogP contribution >= 0.6 is 0 Å². The molecule has 1 aliphatic carbocycles. The highest BCUT2D eigenvalue weighted by Gasteiger charge is 2.13. The van der Waals surface area contributed by atoms with Gasteiger partial charge in [0.05, 0.1) is 6.07 Å². The molecule has 0 heterocycles. The van der Waals surface area contributed by atoms with Gasteiger partial charge in [-0.3, -0.25) is 0 Å². The molecule has 13 heavy (non-hydrogen) atoms. The Morgan fingerprint density at radius 1 is 1.46 bits per heavy atom. The maximum absolute atomic E-state index is 8.91. The highest BCUT2D eigenvalue weighted by molar-refractivity contribution is 6.51. The Morgan fingerprint density at radius 3 is 2.69 bits per heavy atom. The van der Waals surface area contributed by atoms with Gasteiger partial charge in [0.15, 0.2) is 0 Å². The van der Waals surface area contributed by atoms with Crippen molar-refractivity contribution in [1.82, 2.24) is 0 Å². The molecule has 0 bridgehead atoms. The van der Waals surface area contributed by atoms with E-state index in [1.54, 1.807) is 18.2 Å². The zero-order chi connectivity index (χ0) is 9.84. The molecule has 1 rings (SSSR count). The van der Waals surface area contributed by atoms with Crippen LogP contribution in [0.1, 0.15) is 13.3 Å². The Hall–Kier alpha value is -1.31. The number of rotatable bonds is 1. The lowest BCUT2D eigenvalue weighted by atomic mass is 9.78. The molecule has 0 atom stereocenters. The van der Waals surface area contributed by atoms with Gasteiger partial charge in [0, 0.05) is 12.0 Å². The molecule has 66 valence electrons. The molecule has 1 aliphatic rings. The fraction of sp³-hybridized carbons (Fsp3) is 0.222. The quantitative estimate of drug-likeness (QED) is 0.577. The Bertz CT molecular complexity index is 334. The average Bonchev–Trinajstić information content (AvgIpc) is 2.26. The highest BCUT2D eigenvalue weighted by Crippen LogP contribution is 2.17. The summed E-state index contributed by atoms with van der Waals surface area (Å²) in [5.41, 5.74) is 2.00. The minimum absolute atomic E-state index is 0.419. The van der Waals surface area contributed by atoms with E-state index in [0.29, 0.717) is 17.5 Å². The van der Waals surface area contributed by atoms with E-state index in [-0.39, 0.29) is 0 Å². The van der Waals surface area contributed by atoms with E-state index in [1.807, 2.05) is 13.0 Å². The minimum atomic E-state index is -1.47. The summed E-state index contributed by atoms with van der Waals surface area (Å²) in [6, 6.07) is 2.05. The number of hydrogen-bond acceptors (Lipinski definition) is 3. The first kappa shape index (κ1) is 9.78. The van der Waals surface area contributed by atoms with Crippen LogP contribution in [0.25, 0.3) is 0 Å². The van der Waals surface area contributed by atoms with Crippen molar-refractivity contribution in [2.45, 2.75) is 13.3 Å². The van der Waals surface area contributed by atoms with Gasteiger partial charge in [0.2, 0.25) is 0 Å². The van der Waals surface area contributed by atoms with Crippen LogP contribution in [0.15, 0.2) is 34.8 Å². The standard InChI is InChI=1S/C9H10BNO2/c1-7-4-8(6-11)2-3-9(5-7)10(12)13/h2-3,5,12-13H,4H2,1H3. The van der Waals surface area contributed by atoms with Crippen LogP contribution in [0.2, 0.25) is 0 Å². The molecule has 0 saturated carbocycles. The first-order chi connectivity index (χ1) is 6.13. The molecule has 2 N–H and O–H groups in total. The van der Waals surface area contributed by atoms with Crippen molar-refractivity contribution in [3.8, 4) is 6.07 Å². The number of nitrogens with zero attached hydrogens (tertiary/aromatic N) is 1. The minimum Gasteiger partial charge on any atom is -0.423 e. The van der Waals surface area contributed by atoms with E-state index in [0.717, 1.165) is 5.57 Å². The average molecular weight is 175 g/mol. The molecule has 0 aromatic carbocycles. The predicted molar refractivity (Wildman–Crippen MR) is 50.3 cm³/mol. The Labute approximate surface area is 77.5 Å². The fourth-order valence-corrected chi connectivity index (χ4v) is 1.18. The summed E-state index contributed by atoms with van der Waals surface area (Å²) in [5, 5.41) is 26.5. The van der Waals surface area contributed by atoms with Crippen molar-refractivity contribution < 1.29 is 10.0 Å². The van der Waals surface area contributed by atoms with Gasteiger partial charge in [-0.1, -0.05) is 17.7 Å². The molecule has 0 unspecified atom stereocenters. The molecule has 0 aromatic heterocycles. The van der Waals surface area contributed by atoms with Crippen molar-refractivity contribution >= 4 is 7.12 Å². The summed E-state index contributed by atoms with van der Waals surface area (Å²) in [7, 11) is -1.47. The lowest BCUT2D eigenvalue weighted by Crippen LogP contribution is -2.13. The third-order valence-corrected chi connectivity index (χ3v) is 1.80. The van der Waals surface area contributed by atoms with Crippen LogP contribution in [0.4, 0.5) is 0 Å². The van der Waals surface area contributed by atoms with Gasteiger partial charge in [-0.2, -0.15) is 5.26 Å². The normalized spacial score (nSPS) is 16.3. The van der Waals surface area contributed by atoms with Gasteiger partial charge in [0.1, 0.15) is 0 Å². The van der Waals surface area contributed by atoms with E-state index >= 15 is 0 Å². The lowest BCUT2D eigenvalue weighted by molar-refractivity contribution is 0.420. The number of hydrogen-bond donors (Lipinski definition) is 2. The summed E-state index contributed by atoms with van der Waals surface area (Å²) in [4.78, 5) is 0. The first-order valence-corrected chi connectivity index (χ1v) is 3.97. The van der Waals surface area contributed by atoms with Crippen molar-refractivity contribution in [3.05, 3.63) is 34.8 Å². The van der Waals surface area contributed by atoms with Crippen molar-refractivity contribution in [1.29, 1.82) is 5.26 Å². The highest BCUT2D eigenvalue weighted by atomic mass is 16.4. The maximum atomic E-state index is 8.91. The SMILES string of the molecule is CC1=CC(B(O)O)=CC=C(C#N)C1. The summed E-state index contributed by atoms with van der Waals surface area (Å²) >= 11 is 0. The lowest BCUT2D eigenvalue weighted by Gasteiger charge is -1.99. The molecule has 0 aliphatic heterocycles. The van der Waals surface area contributed by atoms with Crippen LogP contribution in [-0.2, 0) is 0 Å². The second-order valence-corrected chi connectivity index (χ2v) is 3.01. The Kier molecular flexibility index (Phi) is 3.07. The summed E-state index contributed by atoms with van der Waals surface area (Å²) in [6.07, 6.45) is 5.43. The smallest absolute Gasteiger partial charge is 0.423 e. The molecule has 0 amide bonds. The zero-order valence-corrected chi connectivity index (χ0v) is 7.36. The fourth-order valence-electron chi connectivity index (χ4n) is 1.18. The van der Waals surface area contributed by atoms with E-state index in [4.69, 9.17) is 15.3 Å². The molecular formula is C9H10BNO2.